The van der Waals surface area contributed by atoms with E-state index in [0.29, 0.717) is 17.9 Å². The van der Waals surface area contributed by atoms with Crippen molar-refractivity contribution >= 4 is 15.5 Å². The fraction of sp³-hybridized carbons (Fsp3) is 0.368. The molecule has 1 fully saturated rings. The number of halogens is 1. The number of rotatable bonds is 2. The van der Waals surface area contributed by atoms with E-state index in [1.165, 1.54) is 18.2 Å². The van der Waals surface area contributed by atoms with Crippen LogP contribution in [0.25, 0.3) is 0 Å². The van der Waals surface area contributed by atoms with Crippen LogP contribution in [0.4, 0.5) is 10.1 Å². The Hall–Kier alpha value is -1.92. The van der Waals surface area contributed by atoms with Gasteiger partial charge in [0.2, 0.25) is 9.84 Å². The predicted molar refractivity (Wildman–Crippen MR) is 95.1 cm³/mol. The molecule has 132 valence electrons. The van der Waals surface area contributed by atoms with E-state index in [0.717, 1.165) is 36.8 Å². The van der Waals surface area contributed by atoms with E-state index < -0.39 is 15.7 Å². The predicted octanol–water partition coefficient (Wildman–Crippen LogP) is 3.17. The minimum absolute atomic E-state index is 0.00847. The van der Waals surface area contributed by atoms with Crippen LogP contribution in [-0.4, -0.2) is 27.5 Å². The van der Waals surface area contributed by atoms with Crippen molar-refractivity contribution in [1.82, 2.24) is 5.32 Å². The number of hydrogen-bond acceptors (Lipinski definition) is 4. The third kappa shape index (κ3) is 2.83. The minimum atomic E-state index is -3.73. The van der Waals surface area contributed by atoms with Crippen molar-refractivity contribution in [2.24, 2.45) is 5.92 Å². The standard InChI is InChI=1S/C19H21FN2O2S/c1-12-11-21-8-7-16-17-10-15(5-6-18(17)22-19(12)16)25(23,24)14-4-2-3-13(20)9-14/h2-6,9-10,12,16,19,21-22H,7-8,11H2,1H3/t12?,16-,19+/m0/s1. The number of benzene rings is 2. The summed E-state index contributed by atoms with van der Waals surface area (Å²) < 4.78 is 39.2. The average Bonchev–Trinajstić information content (AvgIpc) is 2.86. The van der Waals surface area contributed by atoms with Crippen molar-refractivity contribution in [3.8, 4) is 0 Å². The van der Waals surface area contributed by atoms with Gasteiger partial charge < -0.3 is 10.6 Å². The molecule has 0 saturated carbocycles. The first-order valence-electron chi connectivity index (χ1n) is 8.58. The zero-order valence-electron chi connectivity index (χ0n) is 14.0. The molecule has 1 unspecified atom stereocenters. The van der Waals surface area contributed by atoms with E-state index in [1.54, 1.807) is 12.1 Å². The summed E-state index contributed by atoms with van der Waals surface area (Å²) in [4.78, 5) is 0.218. The first-order chi connectivity index (χ1) is 12.0. The third-order valence-corrected chi connectivity index (χ3v) is 7.06. The van der Waals surface area contributed by atoms with Gasteiger partial charge in [-0.3, -0.25) is 0 Å². The Balaban J connectivity index is 1.75. The van der Waals surface area contributed by atoms with Gasteiger partial charge in [0.1, 0.15) is 5.82 Å². The van der Waals surface area contributed by atoms with Crippen LogP contribution in [0, 0.1) is 11.7 Å². The molecule has 3 atom stereocenters. The van der Waals surface area contributed by atoms with E-state index in [2.05, 4.69) is 17.6 Å². The molecule has 0 radical (unpaired) electrons. The Morgan fingerprint density at radius 2 is 1.92 bits per heavy atom. The van der Waals surface area contributed by atoms with Gasteiger partial charge in [-0.1, -0.05) is 13.0 Å². The average molecular weight is 360 g/mol. The van der Waals surface area contributed by atoms with Gasteiger partial charge in [-0.25, -0.2) is 12.8 Å². The molecule has 2 aromatic carbocycles. The SMILES string of the molecule is CC1CNCC[C@H]2c3cc(S(=O)(=O)c4cccc(F)c4)ccc3N[C@H]12. The van der Waals surface area contributed by atoms with Crippen LogP contribution in [0.15, 0.2) is 52.3 Å². The van der Waals surface area contributed by atoms with Crippen molar-refractivity contribution in [3.05, 3.63) is 53.8 Å². The maximum absolute atomic E-state index is 13.5. The normalized spacial score (nSPS) is 25.6. The zero-order chi connectivity index (χ0) is 17.6. The quantitative estimate of drug-likeness (QED) is 0.864. The van der Waals surface area contributed by atoms with E-state index >= 15 is 0 Å². The maximum Gasteiger partial charge on any atom is 0.206 e. The smallest absolute Gasteiger partial charge is 0.206 e. The number of hydrogen-bond donors (Lipinski definition) is 2. The molecular weight excluding hydrogens is 339 g/mol. The van der Waals surface area contributed by atoms with E-state index in [9.17, 15) is 12.8 Å². The fourth-order valence-electron chi connectivity index (χ4n) is 3.98. The van der Waals surface area contributed by atoms with Gasteiger partial charge in [0.05, 0.1) is 9.79 Å². The van der Waals surface area contributed by atoms with Crippen molar-refractivity contribution < 1.29 is 12.8 Å². The topological polar surface area (TPSA) is 58.2 Å². The van der Waals surface area contributed by atoms with Crippen molar-refractivity contribution in [3.63, 3.8) is 0 Å². The summed E-state index contributed by atoms with van der Waals surface area (Å²) in [5, 5.41) is 6.99. The van der Waals surface area contributed by atoms with Gasteiger partial charge in [-0.15, -0.1) is 0 Å². The second-order valence-corrected chi connectivity index (χ2v) is 8.91. The van der Waals surface area contributed by atoms with Crippen molar-refractivity contribution in [2.45, 2.75) is 35.1 Å². The number of anilines is 1. The Bertz CT molecular complexity index is 913. The lowest BCUT2D eigenvalue weighted by Crippen LogP contribution is -2.31. The van der Waals surface area contributed by atoms with E-state index in [1.807, 2.05) is 6.07 Å². The van der Waals surface area contributed by atoms with Gasteiger partial charge >= 0.3 is 0 Å². The number of fused-ring (bicyclic) bond motifs is 3. The highest BCUT2D eigenvalue weighted by atomic mass is 32.2. The molecule has 0 aromatic heterocycles. The highest BCUT2D eigenvalue weighted by Crippen LogP contribution is 2.43. The third-order valence-electron chi connectivity index (χ3n) is 5.31. The Morgan fingerprint density at radius 1 is 1.12 bits per heavy atom. The zero-order valence-corrected chi connectivity index (χ0v) is 14.8. The van der Waals surface area contributed by atoms with Gasteiger partial charge in [0, 0.05) is 17.6 Å². The fourth-order valence-corrected chi connectivity index (χ4v) is 5.31. The van der Waals surface area contributed by atoms with E-state index in [-0.39, 0.29) is 9.79 Å². The van der Waals surface area contributed by atoms with Gasteiger partial charge in [0.15, 0.2) is 0 Å². The van der Waals surface area contributed by atoms with Crippen LogP contribution < -0.4 is 10.6 Å². The second-order valence-electron chi connectivity index (χ2n) is 6.96. The van der Waals surface area contributed by atoms with Gasteiger partial charge in [0.25, 0.3) is 0 Å². The monoisotopic (exact) mass is 360 g/mol. The Labute approximate surface area is 147 Å². The summed E-state index contributed by atoms with van der Waals surface area (Å²) in [6.45, 7) is 4.09. The highest BCUT2D eigenvalue weighted by molar-refractivity contribution is 7.91. The summed E-state index contributed by atoms with van der Waals surface area (Å²) in [6, 6.07) is 10.7. The second kappa shape index (κ2) is 6.11. The highest BCUT2D eigenvalue weighted by Gasteiger charge is 2.37. The largest absolute Gasteiger partial charge is 0.381 e. The minimum Gasteiger partial charge on any atom is -0.381 e. The molecule has 0 aliphatic carbocycles. The van der Waals surface area contributed by atoms with E-state index in [4.69, 9.17) is 0 Å². The Morgan fingerprint density at radius 3 is 2.72 bits per heavy atom. The van der Waals surface area contributed by atoms with Crippen LogP contribution in [0.5, 0.6) is 0 Å². The molecule has 2 heterocycles. The Kier molecular flexibility index (Phi) is 4.04. The molecule has 2 aliphatic heterocycles. The summed E-state index contributed by atoms with van der Waals surface area (Å²) in [5.41, 5.74) is 2.07. The molecule has 0 bridgehead atoms. The lowest BCUT2D eigenvalue weighted by Gasteiger charge is -2.22. The molecule has 2 aromatic rings. The van der Waals surface area contributed by atoms with Gasteiger partial charge in [-0.05, 0) is 67.4 Å². The molecule has 2 aliphatic rings. The molecular formula is C19H21FN2O2S. The first-order valence-corrected chi connectivity index (χ1v) is 10.1. The van der Waals surface area contributed by atoms with Gasteiger partial charge in [-0.2, -0.15) is 0 Å². The van der Waals surface area contributed by atoms with Crippen molar-refractivity contribution in [2.75, 3.05) is 18.4 Å². The summed E-state index contributed by atoms with van der Waals surface area (Å²) >= 11 is 0. The number of nitrogens with one attached hydrogen (secondary N) is 2. The van der Waals surface area contributed by atoms with Crippen LogP contribution in [0.1, 0.15) is 24.8 Å². The molecule has 1 saturated heterocycles. The molecule has 0 amide bonds. The first kappa shape index (κ1) is 16.5. The molecule has 4 rings (SSSR count). The molecule has 25 heavy (non-hydrogen) atoms. The molecule has 0 spiro atoms. The summed E-state index contributed by atoms with van der Waals surface area (Å²) in [6.07, 6.45) is 0.971. The molecule has 6 heteroatoms. The molecule has 2 N–H and O–H groups in total. The lowest BCUT2D eigenvalue weighted by atomic mass is 9.87. The summed E-state index contributed by atoms with van der Waals surface area (Å²) in [5.74, 6) is 0.207. The van der Waals surface area contributed by atoms with Crippen LogP contribution >= 0.6 is 0 Å². The van der Waals surface area contributed by atoms with Crippen LogP contribution in [0.2, 0.25) is 0 Å². The van der Waals surface area contributed by atoms with Crippen molar-refractivity contribution in [1.29, 1.82) is 0 Å². The molecule has 4 nitrogen and oxygen atoms in total. The summed E-state index contributed by atoms with van der Waals surface area (Å²) in [7, 11) is -3.73. The van der Waals surface area contributed by atoms with Crippen LogP contribution in [0.3, 0.4) is 0 Å². The lowest BCUT2D eigenvalue weighted by molar-refractivity contribution is 0.454. The maximum atomic E-state index is 13.5. The number of sulfone groups is 1. The van der Waals surface area contributed by atoms with Crippen LogP contribution in [-0.2, 0) is 9.84 Å².